The van der Waals surface area contributed by atoms with Gasteiger partial charge in [0.1, 0.15) is 5.38 Å². The van der Waals surface area contributed by atoms with Crippen LogP contribution in [0.25, 0.3) is 0 Å². The molecule has 0 aliphatic rings. The van der Waals surface area contributed by atoms with Gasteiger partial charge in [-0.15, -0.1) is 18.2 Å². The third-order valence-corrected chi connectivity index (χ3v) is 2.23. The van der Waals surface area contributed by atoms with Crippen LogP contribution in [0.1, 0.15) is 20.3 Å². The minimum absolute atomic E-state index is 0.134. The van der Waals surface area contributed by atoms with Crippen molar-refractivity contribution in [3.8, 4) is 0 Å². The average Bonchev–Trinajstić information content (AvgIpc) is 2.03. The molecule has 2 atom stereocenters. The van der Waals surface area contributed by atoms with Crippen LogP contribution >= 0.6 is 11.6 Å². The van der Waals surface area contributed by atoms with E-state index in [0.29, 0.717) is 6.61 Å². The zero-order valence-electron chi connectivity index (χ0n) is 7.92. The molecule has 0 aliphatic carbocycles. The number of alkyl halides is 1. The van der Waals surface area contributed by atoms with Crippen molar-refractivity contribution in [2.24, 2.45) is 0 Å². The van der Waals surface area contributed by atoms with Gasteiger partial charge >= 0.3 is 0 Å². The lowest BCUT2D eigenvalue weighted by Gasteiger charge is -2.29. The lowest BCUT2D eigenvalue weighted by molar-refractivity contribution is -0.198. The fraction of sp³-hybridized carbons (Fsp3) is 0.667. The monoisotopic (exact) mass is 206 g/mol. The maximum atomic E-state index is 10.9. The van der Waals surface area contributed by atoms with Crippen molar-refractivity contribution in [3.63, 3.8) is 0 Å². The van der Waals surface area contributed by atoms with Crippen LogP contribution in [-0.4, -0.2) is 28.7 Å². The molecule has 0 heterocycles. The molecule has 0 aromatic heterocycles. The first kappa shape index (κ1) is 12.6. The summed E-state index contributed by atoms with van der Waals surface area (Å²) in [6.45, 7) is 6.78. The molecule has 76 valence electrons. The first-order valence-corrected chi connectivity index (χ1v) is 4.53. The summed E-state index contributed by atoms with van der Waals surface area (Å²) in [4.78, 5) is 10.9. The Kier molecular flexibility index (Phi) is 5.21. The maximum Gasteiger partial charge on any atom is 0.192 e. The number of hydrogen-bond acceptors (Lipinski definition) is 3. The van der Waals surface area contributed by atoms with Gasteiger partial charge < -0.3 is 9.84 Å². The normalized spacial score (nSPS) is 17.5. The van der Waals surface area contributed by atoms with Crippen molar-refractivity contribution in [2.75, 3.05) is 6.61 Å². The summed E-state index contributed by atoms with van der Waals surface area (Å²) in [6, 6.07) is 0. The topological polar surface area (TPSA) is 46.5 Å². The Balaban J connectivity index is 4.54. The fourth-order valence-electron chi connectivity index (χ4n) is 1.01. The predicted molar refractivity (Wildman–Crippen MR) is 51.7 cm³/mol. The van der Waals surface area contributed by atoms with Crippen molar-refractivity contribution in [3.05, 3.63) is 12.7 Å². The Morgan fingerprint density at radius 2 is 2.38 bits per heavy atom. The molecule has 0 fully saturated rings. The number of hydrogen-bond donors (Lipinski definition) is 1. The van der Waals surface area contributed by atoms with Gasteiger partial charge in [-0.25, -0.2) is 0 Å². The minimum Gasteiger partial charge on any atom is -0.364 e. The van der Waals surface area contributed by atoms with E-state index in [1.807, 2.05) is 0 Å². The van der Waals surface area contributed by atoms with Crippen LogP contribution in [0.15, 0.2) is 12.7 Å². The second-order valence-electron chi connectivity index (χ2n) is 2.74. The Hall–Kier alpha value is -0.380. The zero-order valence-corrected chi connectivity index (χ0v) is 8.67. The van der Waals surface area contributed by atoms with Gasteiger partial charge in [-0.2, -0.15) is 0 Å². The number of carbonyl (C=O) groups excluding carboxylic acids is 1. The molecule has 2 unspecified atom stereocenters. The molecule has 0 rings (SSSR count). The van der Waals surface area contributed by atoms with Gasteiger partial charge in [0, 0.05) is 13.0 Å². The first-order valence-electron chi connectivity index (χ1n) is 4.09. The summed E-state index contributed by atoms with van der Waals surface area (Å²) in [7, 11) is 0. The highest BCUT2D eigenvalue weighted by Gasteiger charge is 2.38. The Morgan fingerprint density at radius 1 is 1.85 bits per heavy atom. The van der Waals surface area contributed by atoms with Gasteiger partial charge in [-0.05, 0) is 13.8 Å². The number of Topliss-reactive ketones (excluding diaryl/α,β-unsaturated/α-hetero) is 1. The Morgan fingerprint density at radius 3 is 2.69 bits per heavy atom. The van der Waals surface area contributed by atoms with E-state index >= 15 is 0 Å². The highest BCUT2D eigenvalue weighted by atomic mass is 35.5. The second-order valence-corrected chi connectivity index (χ2v) is 3.18. The molecule has 0 saturated heterocycles. The molecule has 0 amide bonds. The summed E-state index contributed by atoms with van der Waals surface area (Å²) in [5, 5.41) is 8.75. The van der Waals surface area contributed by atoms with Crippen molar-refractivity contribution in [1.29, 1.82) is 0 Å². The molecule has 0 saturated carbocycles. The van der Waals surface area contributed by atoms with Crippen LogP contribution in [0.4, 0.5) is 0 Å². The Labute approximate surface area is 83.3 Å². The van der Waals surface area contributed by atoms with Crippen LogP contribution in [0.3, 0.4) is 0 Å². The van der Waals surface area contributed by atoms with Gasteiger partial charge in [-0.1, -0.05) is 6.08 Å². The number of ketones is 1. The van der Waals surface area contributed by atoms with Gasteiger partial charge in [0.2, 0.25) is 0 Å². The molecular weight excluding hydrogens is 192 g/mol. The van der Waals surface area contributed by atoms with Gasteiger partial charge in [0.25, 0.3) is 0 Å². The molecule has 0 bridgehead atoms. The summed E-state index contributed by atoms with van der Waals surface area (Å²) in [5.41, 5.74) is 0. The summed E-state index contributed by atoms with van der Waals surface area (Å²) < 4.78 is 5.02. The van der Waals surface area contributed by atoms with E-state index in [2.05, 4.69) is 6.58 Å². The van der Waals surface area contributed by atoms with Gasteiger partial charge in [0.05, 0.1) is 0 Å². The number of halogens is 1. The predicted octanol–water partition coefficient (Wildman–Crippen LogP) is 1.48. The lowest BCUT2D eigenvalue weighted by atomic mass is 10.1. The van der Waals surface area contributed by atoms with E-state index in [0.717, 1.165) is 0 Å². The highest BCUT2D eigenvalue weighted by molar-refractivity contribution is 6.31. The second kappa shape index (κ2) is 5.37. The molecule has 0 aliphatic heterocycles. The maximum absolute atomic E-state index is 10.9. The largest absolute Gasteiger partial charge is 0.364 e. The van der Waals surface area contributed by atoms with Crippen LogP contribution < -0.4 is 0 Å². The standard InChI is InChI=1S/C9H15ClO3/c1-4-6-9(12,13-5-2)8(10)7(3)11/h4,8,12H,1,5-6H2,2-3H3. The van der Waals surface area contributed by atoms with Crippen molar-refractivity contribution in [1.82, 2.24) is 0 Å². The molecule has 1 N–H and O–H groups in total. The number of ether oxygens (including phenoxy) is 1. The van der Waals surface area contributed by atoms with Crippen LogP contribution in [0, 0.1) is 0 Å². The smallest absolute Gasteiger partial charge is 0.192 e. The minimum atomic E-state index is -1.62. The third kappa shape index (κ3) is 3.46. The average molecular weight is 207 g/mol. The van der Waals surface area contributed by atoms with E-state index in [1.165, 1.54) is 13.0 Å². The van der Waals surface area contributed by atoms with Crippen molar-refractivity contribution >= 4 is 17.4 Å². The molecule has 13 heavy (non-hydrogen) atoms. The first-order chi connectivity index (χ1) is 5.98. The van der Waals surface area contributed by atoms with Gasteiger partial charge in [-0.3, -0.25) is 4.79 Å². The van der Waals surface area contributed by atoms with E-state index < -0.39 is 11.2 Å². The SMILES string of the molecule is C=CCC(O)(OCC)C(Cl)C(C)=O. The molecule has 0 aromatic rings. The molecule has 0 spiro atoms. The molecule has 4 heteroatoms. The zero-order chi connectivity index (χ0) is 10.5. The highest BCUT2D eigenvalue weighted by Crippen LogP contribution is 2.23. The fourth-order valence-corrected chi connectivity index (χ4v) is 1.16. The summed E-state index contributed by atoms with van der Waals surface area (Å²) in [5.74, 6) is -1.94. The van der Waals surface area contributed by atoms with Gasteiger partial charge in [0.15, 0.2) is 11.6 Å². The number of carbonyl (C=O) groups is 1. The van der Waals surface area contributed by atoms with Crippen LogP contribution in [0.5, 0.6) is 0 Å². The molecular formula is C9H15ClO3. The number of rotatable bonds is 6. The van der Waals surface area contributed by atoms with E-state index in [1.54, 1.807) is 6.92 Å². The van der Waals surface area contributed by atoms with Crippen molar-refractivity contribution < 1.29 is 14.6 Å². The van der Waals surface area contributed by atoms with E-state index in [9.17, 15) is 9.90 Å². The molecule has 3 nitrogen and oxygen atoms in total. The Bertz CT molecular complexity index is 193. The summed E-state index contributed by atoms with van der Waals surface area (Å²) >= 11 is 5.71. The molecule has 0 radical (unpaired) electrons. The lowest BCUT2D eigenvalue weighted by Crippen LogP contribution is -2.45. The third-order valence-electron chi connectivity index (χ3n) is 1.58. The van der Waals surface area contributed by atoms with Crippen molar-refractivity contribution in [2.45, 2.75) is 31.4 Å². The van der Waals surface area contributed by atoms with Crippen LogP contribution in [0.2, 0.25) is 0 Å². The van der Waals surface area contributed by atoms with Crippen LogP contribution in [-0.2, 0) is 9.53 Å². The van der Waals surface area contributed by atoms with E-state index in [-0.39, 0.29) is 12.2 Å². The molecule has 0 aromatic carbocycles. The number of aliphatic hydroxyl groups is 1. The summed E-state index contributed by atoms with van der Waals surface area (Å²) in [6.07, 6.45) is 1.60. The van der Waals surface area contributed by atoms with E-state index in [4.69, 9.17) is 16.3 Å². The quantitative estimate of drug-likeness (QED) is 0.407.